The van der Waals surface area contributed by atoms with Gasteiger partial charge in [0.15, 0.2) is 17.3 Å². The summed E-state index contributed by atoms with van der Waals surface area (Å²) < 4.78 is 14.8. The summed E-state index contributed by atoms with van der Waals surface area (Å²) in [5.74, 6) is 6.33. The second kappa shape index (κ2) is 8.85. The van der Waals surface area contributed by atoms with Crippen LogP contribution < -0.4 is 20.7 Å². The molecule has 1 aliphatic carbocycles. The molecular weight excluding hydrogens is 312 g/mol. The number of fused-ring (bicyclic) bond motifs is 1. The van der Waals surface area contributed by atoms with Crippen molar-refractivity contribution in [2.75, 3.05) is 20.4 Å². The van der Waals surface area contributed by atoms with Gasteiger partial charge in [0.1, 0.15) is 0 Å². The van der Waals surface area contributed by atoms with Gasteiger partial charge in [0.2, 0.25) is 6.79 Å². The van der Waals surface area contributed by atoms with E-state index in [4.69, 9.17) is 15.3 Å². The minimum absolute atomic E-state index is 0.0765. The summed E-state index contributed by atoms with van der Waals surface area (Å²) in [6, 6.07) is 5.62. The fourth-order valence-corrected chi connectivity index (χ4v) is 1.99. The van der Waals surface area contributed by atoms with Gasteiger partial charge in [-0.15, -0.1) is 0 Å². The maximum atomic E-state index is 11.1. The van der Waals surface area contributed by atoms with Crippen LogP contribution in [0, 0.1) is 0 Å². The van der Waals surface area contributed by atoms with E-state index in [-0.39, 0.29) is 18.5 Å². The van der Waals surface area contributed by atoms with Crippen molar-refractivity contribution in [3.63, 3.8) is 0 Å². The van der Waals surface area contributed by atoms with E-state index in [0.29, 0.717) is 13.0 Å². The van der Waals surface area contributed by atoms with Gasteiger partial charge in [0, 0.05) is 18.5 Å². The minimum atomic E-state index is -0.190. The Morgan fingerprint density at radius 3 is 2.75 bits per heavy atom. The van der Waals surface area contributed by atoms with Gasteiger partial charge in [-0.2, -0.15) is 0 Å². The molecule has 3 N–H and O–H groups in total. The molecule has 24 heavy (non-hydrogen) atoms. The van der Waals surface area contributed by atoms with Gasteiger partial charge in [-0.05, 0) is 42.3 Å². The number of hydrogen-bond donors (Lipinski definition) is 2. The molecule has 128 valence electrons. The number of carbonyl (C=O) groups excluding carboxylic acids is 2. The van der Waals surface area contributed by atoms with Crippen LogP contribution in [0.1, 0.15) is 18.4 Å². The molecule has 1 aromatic rings. The van der Waals surface area contributed by atoms with Crippen molar-refractivity contribution in [1.82, 2.24) is 5.43 Å². The molecule has 0 saturated carbocycles. The zero-order valence-electron chi connectivity index (χ0n) is 13.4. The van der Waals surface area contributed by atoms with Crippen molar-refractivity contribution in [1.29, 1.82) is 0 Å². The molecule has 1 aromatic carbocycles. The van der Waals surface area contributed by atoms with E-state index in [2.05, 4.69) is 10.2 Å². The van der Waals surface area contributed by atoms with E-state index in [1.807, 2.05) is 24.3 Å². The Labute approximate surface area is 140 Å². The topological polar surface area (TPSA) is 99.9 Å². The molecule has 7 heteroatoms. The zero-order valence-corrected chi connectivity index (χ0v) is 13.4. The SMILES string of the molecule is COC(=O)CCCNN.O=C1C=CC1=Cc1ccc2c(c1)OCO2. The van der Waals surface area contributed by atoms with E-state index in [1.54, 1.807) is 12.2 Å². The number of methoxy groups -OCH3 is 1. The fourth-order valence-electron chi connectivity index (χ4n) is 1.99. The number of nitrogens with one attached hydrogen (secondary N) is 1. The van der Waals surface area contributed by atoms with Gasteiger partial charge in [0.05, 0.1) is 7.11 Å². The van der Waals surface area contributed by atoms with Crippen LogP contribution in [0.2, 0.25) is 0 Å². The maximum Gasteiger partial charge on any atom is 0.305 e. The summed E-state index contributed by atoms with van der Waals surface area (Å²) in [7, 11) is 1.37. The molecule has 0 fully saturated rings. The lowest BCUT2D eigenvalue weighted by Crippen LogP contribution is -2.23. The summed E-state index contributed by atoms with van der Waals surface area (Å²) in [6.45, 7) is 0.920. The van der Waals surface area contributed by atoms with E-state index >= 15 is 0 Å². The lowest BCUT2D eigenvalue weighted by atomic mass is 9.98. The number of benzene rings is 1. The predicted octanol–water partition coefficient (Wildman–Crippen LogP) is 1.34. The summed E-state index contributed by atoms with van der Waals surface area (Å²) in [4.78, 5) is 21.5. The first-order chi connectivity index (χ1) is 11.6. The fraction of sp³-hybridized carbons (Fsp3) is 0.294. The average molecular weight is 332 g/mol. The second-order valence-electron chi connectivity index (χ2n) is 5.04. The van der Waals surface area contributed by atoms with Crippen molar-refractivity contribution in [3.05, 3.63) is 41.5 Å². The number of hydrazine groups is 1. The number of nitrogens with two attached hydrogens (primary N) is 1. The van der Waals surface area contributed by atoms with E-state index < -0.39 is 0 Å². The standard InChI is InChI=1S/C12H8O3.C5H12N2O2/c13-10-3-2-9(10)5-8-1-4-11-12(6-8)15-7-14-11;1-9-5(8)3-2-4-7-6/h1-6H,7H2;7H,2-4,6H2,1H3. The number of ketones is 1. The van der Waals surface area contributed by atoms with Crippen LogP contribution in [0.4, 0.5) is 0 Å². The lowest BCUT2D eigenvalue weighted by molar-refractivity contribution is -0.140. The molecule has 0 unspecified atom stereocenters. The normalized spacial score (nSPS) is 15.6. The van der Waals surface area contributed by atoms with Crippen molar-refractivity contribution >= 4 is 17.8 Å². The third-order valence-corrected chi connectivity index (χ3v) is 3.35. The van der Waals surface area contributed by atoms with Crippen LogP contribution >= 0.6 is 0 Å². The average Bonchev–Trinajstić information content (AvgIpc) is 3.06. The number of hydrogen-bond acceptors (Lipinski definition) is 7. The lowest BCUT2D eigenvalue weighted by Gasteiger charge is -2.05. The van der Waals surface area contributed by atoms with Gasteiger partial charge in [-0.1, -0.05) is 6.07 Å². The second-order valence-corrected chi connectivity index (χ2v) is 5.04. The Balaban J connectivity index is 0.000000202. The summed E-state index contributed by atoms with van der Waals surface area (Å²) in [5, 5.41) is 0. The summed E-state index contributed by atoms with van der Waals surface area (Å²) >= 11 is 0. The smallest absolute Gasteiger partial charge is 0.305 e. The molecular formula is C17H20N2O5. The zero-order chi connectivity index (χ0) is 17.4. The highest BCUT2D eigenvalue weighted by molar-refractivity contribution is 6.16. The van der Waals surface area contributed by atoms with Gasteiger partial charge in [-0.3, -0.25) is 20.9 Å². The molecule has 7 nitrogen and oxygen atoms in total. The van der Waals surface area contributed by atoms with Crippen LogP contribution in [0.25, 0.3) is 6.08 Å². The first-order valence-electron chi connectivity index (χ1n) is 7.48. The molecule has 0 saturated heterocycles. The number of rotatable bonds is 5. The van der Waals surface area contributed by atoms with Gasteiger partial charge in [0.25, 0.3) is 0 Å². The molecule has 1 aliphatic heterocycles. The minimum Gasteiger partial charge on any atom is -0.469 e. The Hall–Kier alpha value is -2.64. The summed E-state index contributed by atoms with van der Waals surface area (Å²) in [6.07, 6.45) is 6.35. The van der Waals surface area contributed by atoms with E-state index in [9.17, 15) is 9.59 Å². The van der Waals surface area contributed by atoms with Crippen molar-refractivity contribution in [3.8, 4) is 11.5 Å². The quantitative estimate of drug-likeness (QED) is 0.276. The van der Waals surface area contributed by atoms with Crippen LogP contribution in [0.3, 0.4) is 0 Å². The monoisotopic (exact) mass is 332 g/mol. The number of ether oxygens (including phenoxy) is 3. The van der Waals surface area contributed by atoms with E-state index in [0.717, 1.165) is 29.1 Å². The van der Waals surface area contributed by atoms with Crippen LogP contribution in [-0.4, -0.2) is 32.2 Å². The third-order valence-electron chi connectivity index (χ3n) is 3.35. The Morgan fingerprint density at radius 2 is 2.12 bits per heavy atom. The Kier molecular flexibility index (Phi) is 6.53. The summed E-state index contributed by atoms with van der Waals surface area (Å²) in [5.41, 5.74) is 4.12. The van der Waals surface area contributed by atoms with Crippen LogP contribution in [0.15, 0.2) is 35.9 Å². The first kappa shape index (κ1) is 17.7. The van der Waals surface area contributed by atoms with Gasteiger partial charge >= 0.3 is 5.97 Å². The molecule has 0 atom stereocenters. The van der Waals surface area contributed by atoms with Crippen LogP contribution in [-0.2, 0) is 14.3 Å². The largest absolute Gasteiger partial charge is 0.469 e. The van der Waals surface area contributed by atoms with Crippen LogP contribution in [0.5, 0.6) is 11.5 Å². The molecule has 3 rings (SSSR count). The van der Waals surface area contributed by atoms with E-state index in [1.165, 1.54) is 7.11 Å². The highest BCUT2D eigenvalue weighted by Gasteiger charge is 2.15. The Bertz CT molecular complexity index is 667. The Morgan fingerprint density at radius 1 is 1.33 bits per heavy atom. The number of carbonyl (C=O) groups is 2. The molecule has 1 heterocycles. The van der Waals surface area contributed by atoms with Gasteiger partial charge in [-0.25, -0.2) is 0 Å². The molecule has 0 aromatic heterocycles. The third kappa shape index (κ3) is 4.94. The molecule has 0 bridgehead atoms. The highest BCUT2D eigenvalue weighted by Crippen LogP contribution is 2.33. The number of allylic oxidation sites excluding steroid dienone is 3. The number of esters is 1. The highest BCUT2D eigenvalue weighted by atomic mass is 16.7. The molecule has 0 radical (unpaired) electrons. The van der Waals surface area contributed by atoms with Gasteiger partial charge < -0.3 is 14.2 Å². The molecule has 0 amide bonds. The van der Waals surface area contributed by atoms with Crippen molar-refractivity contribution in [2.45, 2.75) is 12.8 Å². The molecule has 2 aliphatic rings. The maximum absolute atomic E-state index is 11.1. The van der Waals surface area contributed by atoms with Crippen molar-refractivity contribution < 1.29 is 23.8 Å². The first-order valence-corrected chi connectivity index (χ1v) is 7.48. The predicted molar refractivity (Wildman–Crippen MR) is 88.1 cm³/mol. The molecule has 0 spiro atoms. The van der Waals surface area contributed by atoms with Crippen molar-refractivity contribution in [2.24, 2.45) is 5.84 Å².